The van der Waals surface area contributed by atoms with Crippen molar-refractivity contribution >= 4 is 67.4 Å². The Balaban J connectivity index is 2.10. The molecule has 1 fully saturated rings. The first kappa shape index (κ1) is 12.0. The minimum atomic E-state index is 0.884. The molecule has 0 aromatic carbocycles. The van der Waals surface area contributed by atoms with E-state index >= 15 is 0 Å². The maximum atomic E-state index is 5.97. The zero-order valence-corrected chi connectivity index (χ0v) is 13.0. The Labute approximate surface area is 121 Å². The molecule has 2 aromatic rings. The smallest absolute Gasteiger partial charge is 0.197 e. The van der Waals surface area contributed by atoms with Crippen LogP contribution in [0.25, 0.3) is 10.3 Å². The van der Waals surface area contributed by atoms with Gasteiger partial charge in [0.2, 0.25) is 0 Å². The van der Waals surface area contributed by atoms with Gasteiger partial charge in [-0.25, -0.2) is 0 Å². The highest BCUT2D eigenvalue weighted by atomic mass is 79.9. The quantitative estimate of drug-likeness (QED) is 0.703. The second-order valence-electron chi connectivity index (χ2n) is 3.79. The molecule has 17 heavy (non-hydrogen) atoms. The Bertz CT molecular complexity index is 600. The number of thioether (sulfide) groups is 1. The van der Waals surface area contributed by atoms with Gasteiger partial charge in [-0.05, 0) is 15.9 Å². The lowest BCUT2D eigenvalue weighted by Gasteiger charge is -2.26. The molecule has 0 bridgehead atoms. The van der Waals surface area contributed by atoms with Crippen LogP contribution >= 0.6 is 51.2 Å². The number of thiophene rings is 1. The molecular weight excluding hydrogens is 338 g/mol. The van der Waals surface area contributed by atoms with E-state index in [2.05, 4.69) is 20.8 Å². The standard InChI is InChI=1S/C11H10BrNOS3/c12-7-6-17-11-8(15)5-9(14-10(7)11)13-1-3-16-4-2-13/h5-6H,1-4H2. The number of nitrogens with zero attached hydrogens (tertiary/aromatic N) is 1. The summed E-state index contributed by atoms with van der Waals surface area (Å²) in [5, 5.41) is 2.03. The summed E-state index contributed by atoms with van der Waals surface area (Å²) in [6, 6.07) is 1.98. The number of fused-ring (bicyclic) bond motifs is 1. The summed E-state index contributed by atoms with van der Waals surface area (Å²) in [6.45, 7) is 2.08. The van der Waals surface area contributed by atoms with Gasteiger partial charge in [0.1, 0.15) is 0 Å². The average molecular weight is 348 g/mol. The number of hydrogen-bond donors (Lipinski definition) is 0. The Hall–Kier alpha value is -0.0400. The lowest BCUT2D eigenvalue weighted by atomic mass is 10.4. The topological polar surface area (TPSA) is 16.4 Å². The second-order valence-corrected chi connectivity index (χ2v) is 7.19. The summed E-state index contributed by atoms with van der Waals surface area (Å²) in [5.41, 5.74) is 0.885. The highest BCUT2D eigenvalue weighted by Crippen LogP contribution is 2.34. The van der Waals surface area contributed by atoms with Crippen LogP contribution in [-0.4, -0.2) is 24.6 Å². The molecule has 0 unspecified atom stereocenters. The van der Waals surface area contributed by atoms with Crippen molar-refractivity contribution in [2.24, 2.45) is 0 Å². The zero-order valence-electron chi connectivity index (χ0n) is 8.94. The third-order valence-electron chi connectivity index (χ3n) is 2.71. The van der Waals surface area contributed by atoms with Crippen LogP contribution in [0.5, 0.6) is 0 Å². The Morgan fingerprint density at radius 1 is 1.35 bits per heavy atom. The summed E-state index contributed by atoms with van der Waals surface area (Å²) >= 11 is 12.5. The van der Waals surface area contributed by atoms with Crippen molar-refractivity contribution in [2.75, 3.05) is 29.5 Å². The van der Waals surface area contributed by atoms with Crippen molar-refractivity contribution in [1.82, 2.24) is 0 Å². The van der Waals surface area contributed by atoms with E-state index in [9.17, 15) is 0 Å². The molecular formula is C11H10BrNOS3. The molecule has 0 N–H and O–H groups in total. The average Bonchev–Trinajstić information content (AvgIpc) is 2.73. The molecule has 2 nitrogen and oxygen atoms in total. The number of rotatable bonds is 1. The molecule has 0 saturated carbocycles. The van der Waals surface area contributed by atoms with E-state index in [1.807, 2.05) is 23.2 Å². The summed E-state index contributed by atoms with van der Waals surface area (Å²) in [6.07, 6.45) is 0. The van der Waals surface area contributed by atoms with Gasteiger partial charge >= 0.3 is 0 Å². The summed E-state index contributed by atoms with van der Waals surface area (Å²) in [5.74, 6) is 3.22. The lowest BCUT2D eigenvalue weighted by molar-refractivity contribution is 0.578. The summed E-state index contributed by atoms with van der Waals surface area (Å²) < 4.78 is 8.91. The predicted molar refractivity (Wildman–Crippen MR) is 82.2 cm³/mol. The summed E-state index contributed by atoms with van der Waals surface area (Å²) in [7, 11) is 0. The molecule has 1 aliphatic rings. The molecule has 90 valence electrons. The van der Waals surface area contributed by atoms with Gasteiger partial charge in [-0.3, -0.25) is 0 Å². The molecule has 0 aliphatic carbocycles. The van der Waals surface area contributed by atoms with Gasteiger partial charge in [-0.2, -0.15) is 11.8 Å². The van der Waals surface area contributed by atoms with Crippen molar-refractivity contribution < 1.29 is 4.42 Å². The summed E-state index contributed by atoms with van der Waals surface area (Å²) in [4.78, 5) is 2.27. The first-order valence-electron chi connectivity index (χ1n) is 5.29. The first-order valence-corrected chi connectivity index (χ1v) is 8.53. The van der Waals surface area contributed by atoms with Crippen LogP contribution in [-0.2, 0) is 0 Å². The fourth-order valence-corrected chi connectivity index (χ4v) is 4.54. The third kappa shape index (κ3) is 2.28. The third-order valence-corrected chi connectivity index (χ3v) is 5.99. The molecule has 0 amide bonds. The molecule has 0 spiro atoms. The number of halogens is 1. The van der Waals surface area contributed by atoms with Gasteiger partial charge in [-0.15, -0.1) is 11.3 Å². The van der Waals surface area contributed by atoms with Crippen molar-refractivity contribution in [2.45, 2.75) is 0 Å². The van der Waals surface area contributed by atoms with Crippen LogP contribution < -0.4 is 4.90 Å². The van der Waals surface area contributed by atoms with Crippen LogP contribution in [0.1, 0.15) is 0 Å². The van der Waals surface area contributed by atoms with E-state index in [4.69, 9.17) is 16.6 Å². The Morgan fingerprint density at radius 2 is 2.12 bits per heavy atom. The van der Waals surface area contributed by atoms with Gasteiger partial charge in [0.05, 0.1) is 13.7 Å². The van der Waals surface area contributed by atoms with Crippen molar-refractivity contribution in [3.8, 4) is 0 Å². The van der Waals surface area contributed by atoms with Crippen LogP contribution in [0.15, 0.2) is 20.3 Å². The van der Waals surface area contributed by atoms with Crippen LogP contribution in [0.2, 0.25) is 0 Å². The minimum absolute atomic E-state index is 0.884. The molecule has 0 atom stereocenters. The Kier molecular flexibility index (Phi) is 3.47. The van der Waals surface area contributed by atoms with Crippen molar-refractivity contribution in [1.29, 1.82) is 0 Å². The van der Waals surface area contributed by atoms with E-state index < -0.39 is 0 Å². The van der Waals surface area contributed by atoms with E-state index in [0.717, 1.165) is 49.7 Å². The molecule has 3 heterocycles. The minimum Gasteiger partial charge on any atom is -0.438 e. The normalized spacial score (nSPS) is 16.6. The highest BCUT2D eigenvalue weighted by Gasteiger charge is 2.15. The van der Waals surface area contributed by atoms with Crippen LogP contribution in [0.4, 0.5) is 5.88 Å². The molecule has 0 radical (unpaired) electrons. The highest BCUT2D eigenvalue weighted by molar-refractivity contribution is 9.10. The van der Waals surface area contributed by atoms with Gasteiger partial charge in [-0.1, -0.05) is 12.2 Å². The SMILES string of the molecule is S=c1cc(N2CCSCC2)oc2c(Br)csc12. The van der Waals surface area contributed by atoms with Gasteiger partial charge in [0.15, 0.2) is 11.5 Å². The fraction of sp³-hybridized carbons (Fsp3) is 0.364. The van der Waals surface area contributed by atoms with Gasteiger partial charge in [0, 0.05) is 36.0 Å². The van der Waals surface area contributed by atoms with E-state index in [1.54, 1.807) is 11.3 Å². The van der Waals surface area contributed by atoms with Crippen LogP contribution in [0, 0.1) is 4.51 Å². The zero-order chi connectivity index (χ0) is 11.8. The molecule has 6 heteroatoms. The van der Waals surface area contributed by atoms with Crippen molar-refractivity contribution in [3.05, 3.63) is 20.4 Å². The molecule has 1 aliphatic heterocycles. The number of anilines is 1. The first-order chi connectivity index (χ1) is 8.25. The van der Waals surface area contributed by atoms with Gasteiger partial charge < -0.3 is 9.32 Å². The maximum absolute atomic E-state index is 5.97. The molecule has 1 saturated heterocycles. The lowest BCUT2D eigenvalue weighted by Crippen LogP contribution is -2.32. The molecule has 2 aromatic heterocycles. The number of hydrogen-bond acceptors (Lipinski definition) is 5. The Morgan fingerprint density at radius 3 is 2.88 bits per heavy atom. The maximum Gasteiger partial charge on any atom is 0.197 e. The van der Waals surface area contributed by atoms with Crippen molar-refractivity contribution in [3.63, 3.8) is 0 Å². The second kappa shape index (κ2) is 4.91. The molecule has 3 rings (SSSR count). The largest absolute Gasteiger partial charge is 0.438 e. The van der Waals surface area contributed by atoms with Crippen LogP contribution in [0.3, 0.4) is 0 Å². The van der Waals surface area contributed by atoms with E-state index in [-0.39, 0.29) is 0 Å². The van der Waals surface area contributed by atoms with Gasteiger partial charge in [0.25, 0.3) is 0 Å². The predicted octanol–water partition coefficient (Wildman–Crippen LogP) is 4.54. The van der Waals surface area contributed by atoms with E-state index in [1.165, 1.54) is 0 Å². The monoisotopic (exact) mass is 347 g/mol. The fourth-order valence-electron chi connectivity index (χ4n) is 1.84. The van der Waals surface area contributed by atoms with E-state index in [0.29, 0.717) is 0 Å².